The minimum absolute atomic E-state index is 0.355. The first kappa shape index (κ1) is 14.6. The van der Waals surface area contributed by atoms with E-state index >= 15 is 0 Å². The lowest BCUT2D eigenvalue weighted by Gasteiger charge is -2.29. The number of hydrogen-bond donors (Lipinski definition) is 1. The number of halogens is 1. The largest absolute Gasteiger partial charge is 0.486 e. The molecule has 0 aromatic heterocycles. The first-order valence-corrected chi connectivity index (χ1v) is 8.03. The second-order valence-corrected chi connectivity index (χ2v) is 6.28. The van der Waals surface area contributed by atoms with Gasteiger partial charge in [-0.25, -0.2) is 0 Å². The second kappa shape index (κ2) is 6.60. The van der Waals surface area contributed by atoms with E-state index in [1.165, 1.54) is 0 Å². The highest BCUT2D eigenvalue weighted by atomic mass is 35.5. The standard InChI is InChI=1S/C16H15ClO3S/c17-11-4-3-5-12(8-11)21-10-13(18)16-9-19-14-6-1-2-7-15(14)20-16/h1-8,13,16,18H,9-10H2. The highest BCUT2D eigenvalue weighted by Crippen LogP contribution is 2.32. The number of aliphatic hydroxyl groups excluding tert-OH is 1. The quantitative estimate of drug-likeness (QED) is 0.872. The maximum atomic E-state index is 10.3. The van der Waals surface area contributed by atoms with Crippen molar-refractivity contribution in [3.8, 4) is 11.5 Å². The zero-order chi connectivity index (χ0) is 14.7. The summed E-state index contributed by atoms with van der Waals surface area (Å²) in [4.78, 5) is 1.03. The number of para-hydroxylation sites is 2. The van der Waals surface area contributed by atoms with Crippen LogP contribution in [0.3, 0.4) is 0 Å². The van der Waals surface area contributed by atoms with Gasteiger partial charge in [0.05, 0.1) is 0 Å². The van der Waals surface area contributed by atoms with E-state index in [0.29, 0.717) is 23.1 Å². The minimum Gasteiger partial charge on any atom is -0.486 e. The Bertz CT molecular complexity index is 620. The molecule has 0 amide bonds. The Labute approximate surface area is 132 Å². The topological polar surface area (TPSA) is 38.7 Å². The van der Waals surface area contributed by atoms with E-state index in [1.807, 2.05) is 48.5 Å². The van der Waals surface area contributed by atoms with Crippen molar-refractivity contribution < 1.29 is 14.6 Å². The number of benzene rings is 2. The van der Waals surface area contributed by atoms with Crippen LogP contribution in [0.1, 0.15) is 0 Å². The lowest BCUT2D eigenvalue weighted by molar-refractivity contribution is 0.00147. The van der Waals surface area contributed by atoms with Crippen molar-refractivity contribution >= 4 is 23.4 Å². The Hall–Kier alpha value is -1.36. The third-order valence-electron chi connectivity index (χ3n) is 3.18. The molecule has 21 heavy (non-hydrogen) atoms. The molecule has 1 aliphatic rings. The molecule has 1 N–H and O–H groups in total. The summed E-state index contributed by atoms with van der Waals surface area (Å²) in [7, 11) is 0. The molecule has 3 rings (SSSR count). The molecule has 3 nitrogen and oxygen atoms in total. The van der Waals surface area contributed by atoms with Gasteiger partial charge in [0.25, 0.3) is 0 Å². The van der Waals surface area contributed by atoms with Crippen LogP contribution in [-0.2, 0) is 0 Å². The van der Waals surface area contributed by atoms with Crippen molar-refractivity contribution in [3.63, 3.8) is 0 Å². The van der Waals surface area contributed by atoms with Gasteiger partial charge < -0.3 is 14.6 Å². The molecule has 0 aliphatic carbocycles. The SMILES string of the molecule is OC(CSc1cccc(Cl)c1)C1COc2ccccc2O1. The normalized spacial score (nSPS) is 18.3. The van der Waals surface area contributed by atoms with Gasteiger partial charge in [0, 0.05) is 15.7 Å². The average Bonchev–Trinajstić information content (AvgIpc) is 2.52. The van der Waals surface area contributed by atoms with Crippen molar-refractivity contribution in [3.05, 3.63) is 53.6 Å². The maximum Gasteiger partial charge on any atom is 0.161 e. The fourth-order valence-corrected chi connectivity index (χ4v) is 3.29. The summed E-state index contributed by atoms with van der Waals surface area (Å²) in [5, 5.41) is 11.0. The van der Waals surface area contributed by atoms with Gasteiger partial charge in [0.2, 0.25) is 0 Å². The van der Waals surface area contributed by atoms with Gasteiger partial charge >= 0.3 is 0 Å². The van der Waals surface area contributed by atoms with Gasteiger partial charge in [-0.15, -0.1) is 11.8 Å². The second-order valence-electron chi connectivity index (χ2n) is 4.75. The van der Waals surface area contributed by atoms with E-state index in [4.69, 9.17) is 21.1 Å². The van der Waals surface area contributed by atoms with Gasteiger partial charge in [0.15, 0.2) is 17.6 Å². The number of aliphatic hydroxyl groups is 1. The molecule has 2 atom stereocenters. The van der Waals surface area contributed by atoms with Crippen molar-refractivity contribution in [2.75, 3.05) is 12.4 Å². The molecule has 0 saturated heterocycles. The monoisotopic (exact) mass is 322 g/mol. The Kier molecular flexibility index (Phi) is 4.58. The summed E-state index contributed by atoms with van der Waals surface area (Å²) in [6.45, 7) is 0.355. The molecule has 2 unspecified atom stereocenters. The van der Waals surface area contributed by atoms with E-state index in [1.54, 1.807) is 11.8 Å². The van der Waals surface area contributed by atoms with Gasteiger partial charge in [-0.2, -0.15) is 0 Å². The predicted molar refractivity (Wildman–Crippen MR) is 84.5 cm³/mol. The van der Waals surface area contributed by atoms with Crippen molar-refractivity contribution in [1.29, 1.82) is 0 Å². The molecule has 0 radical (unpaired) electrons. The first-order chi connectivity index (χ1) is 10.2. The molecule has 5 heteroatoms. The highest BCUT2D eigenvalue weighted by Gasteiger charge is 2.27. The number of rotatable bonds is 4. The lowest BCUT2D eigenvalue weighted by Crippen LogP contribution is -2.41. The summed E-state index contributed by atoms with van der Waals surface area (Å²) < 4.78 is 11.4. The first-order valence-electron chi connectivity index (χ1n) is 6.67. The lowest BCUT2D eigenvalue weighted by atomic mass is 10.2. The molecular formula is C16H15ClO3S. The van der Waals surface area contributed by atoms with Gasteiger partial charge in [-0.1, -0.05) is 29.8 Å². The predicted octanol–water partition coefficient (Wildman–Crippen LogP) is 3.63. The van der Waals surface area contributed by atoms with Crippen LogP contribution >= 0.6 is 23.4 Å². The summed E-state index contributed by atoms with van der Waals surface area (Å²) >= 11 is 7.49. The van der Waals surface area contributed by atoms with E-state index < -0.39 is 6.10 Å². The molecule has 110 valence electrons. The van der Waals surface area contributed by atoms with Gasteiger partial charge in [0.1, 0.15) is 12.7 Å². The third kappa shape index (κ3) is 3.64. The van der Waals surface area contributed by atoms with Crippen LogP contribution in [0.2, 0.25) is 5.02 Å². The highest BCUT2D eigenvalue weighted by molar-refractivity contribution is 7.99. The number of ether oxygens (including phenoxy) is 2. The zero-order valence-electron chi connectivity index (χ0n) is 11.2. The van der Waals surface area contributed by atoms with Gasteiger partial charge in [-0.05, 0) is 30.3 Å². The van der Waals surface area contributed by atoms with E-state index in [-0.39, 0.29) is 6.10 Å². The smallest absolute Gasteiger partial charge is 0.161 e. The van der Waals surface area contributed by atoms with E-state index in [2.05, 4.69) is 0 Å². The molecule has 1 aliphatic heterocycles. The van der Waals surface area contributed by atoms with Crippen molar-refractivity contribution in [1.82, 2.24) is 0 Å². The molecule has 2 aromatic carbocycles. The fourth-order valence-electron chi connectivity index (χ4n) is 2.07. The molecule has 0 bridgehead atoms. The Morgan fingerprint density at radius 3 is 2.81 bits per heavy atom. The van der Waals surface area contributed by atoms with Gasteiger partial charge in [-0.3, -0.25) is 0 Å². The van der Waals surface area contributed by atoms with E-state index in [0.717, 1.165) is 10.6 Å². The van der Waals surface area contributed by atoms with Crippen LogP contribution in [0.4, 0.5) is 0 Å². The van der Waals surface area contributed by atoms with Crippen LogP contribution in [0.15, 0.2) is 53.4 Å². The molecular weight excluding hydrogens is 308 g/mol. The summed E-state index contributed by atoms with van der Waals surface area (Å²) in [5.74, 6) is 1.93. The minimum atomic E-state index is -0.609. The van der Waals surface area contributed by atoms with Crippen molar-refractivity contribution in [2.24, 2.45) is 0 Å². The van der Waals surface area contributed by atoms with E-state index in [9.17, 15) is 5.11 Å². The van der Waals surface area contributed by atoms with Crippen LogP contribution in [0, 0.1) is 0 Å². The fraction of sp³-hybridized carbons (Fsp3) is 0.250. The van der Waals surface area contributed by atoms with Crippen LogP contribution in [0.5, 0.6) is 11.5 Å². The van der Waals surface area contributed by atoms with Crippen molar-refractivity contribution in [2.45, 2.75) is 17.1 Å². The molecule has 2 aromatic rings. The Morgan fingerprint density at radius 1 is 1.19 bits per heavy atom. The average molecular weight is 323 g/mol. The summed E-state index contributed by atoms with van der Waals surface area (Å²) in [6, 6.07) is 15.1. The summed E-state index contributed by atoms with van der Waals surface area (Å²) in [5.41, 5.74) is 0. The molecule has 0 saturated carbocycles. The maximum absolute atomic E-state index is 10.3. The van der Waals surface area contributed by atoms with Crippen LogP contribution in [0.25, 0.3) is 0 Å². The Balaban J connectivity index is 1.58. The Morgan fingerprint density at radius 2 is 2.00 bits per heavy atom. The third-order valence-corrected chi connectivity index (χ3v) is 4.51. The number of thioether (sulfide) groups is 1. The van der Waals surface area contributed by atoms with Crippen LogP contribution < -0.4 is 9.47 Å². The molecule has 0 fully saturated rings. The number of fused-ring (bicyclic) bond motifs is 1. The zero-order valence-corrected chi connectivity index (χ0v) is 12.8. The molecule has 0 spiro atoms. The number of hydrogen-bond acceptors (Lipinski definition) is 4. The van der Waals surface area contributed by atoms with Crippen LogP contribution in [-0.4, -0.2) is 29.7 Å². The summed E-state index contributed by atoms with van der Waals surface area (Å²) in [6.07, 6.45) is -0.964. The molecule has 1 heterocycles.